The summed E-state index contributed by atoms with van der Waals surface area (Å²) in [5.41, 5.74) is -0.153. The summed E-state index contributed by atoms with van der Waals surface area (Å²) in [6, 6.07) is 9.03. The van der Waals surface area contributed by atoms with Crippen molar-refractivity contribution in [3.63, 3.8) is 0 Å². The molecule has 2 aromatic rings. The number of rotatable bonds is 4. The minimum absolute atomic E-state index is 0.104. The van der Waals surface area contributed by atoms with Gasteiger partial charge in [-0.2, -0.15) is 13.2 Å². The Bertz CT molecular complexity index is 686. The van der Waals surface area contributed by atoms with Crippen molar-refractivity contribution in [2.45, 2.75) is 19.6 Å². The number of hydrogen-bond acceptors (Lipinski definition) is 2. The van der Waals surface area contributed by atoms with E-state index in [4.69, 9.17) is 11.6 Å². The van der Waals surface area contributed by atoms with Gasteiger partial charge in [-0.05, 0) is 30.7 Å². The van der Waals surface area contributed by atoms with Gasteiger partial charge in [-0.1, -0.05) is 29.8 Å². The number of halogens is 4. The van der Waals surface area contributed by atoms with Crippen LogP contribution in [-0.4, -0.2) is 22.3 Å². The number of alkyl halides is 3. The zero-order valence-corrected chi connectivity index (χ0v) is 13.0. The monoisotopic (exact) mass is 342 g/mol. The molecule has 0 aliphatic heterocycles. The van der Waals surface area contributed by atoms with E-state index in [9.17, 15) is 18.0 Å². The maximum absolute atomic E-state index is 12.5. The van der Waals surface area contributed by atoms with Crippen molar-refractivity contribution in [3.8, 4) is 0 Å². The summed E-state index contributed by atoms with van der Waals surface area (Å²) in [4.78, 5) is 17.2. The second-order valence-corrected chi connectivity index (χ2v) is 5.25. The molecule has 0 saturated heterocycles. The van der Waals surface area contributed by atoms with E-state index in [1.807, 2.05) is 0 Å². The van der Waals surface area contributed by atoms with Gasteiger partial charge in [0.25, 0.3) is 5.91 Å². The van der Waals surface area contributed by atoms with Gasteiger partial charge in [0.05, 0.1) is 5.56 Å². The van der Waals surface area contributed by atoms with Crippen LogP contribution in [0.25, 0.3) is 0 Å². The normalized spacial score (nSPS) is 11.3. The molecular weight excluding hydrogens is 329 g/mol. The highest BCUT2D eigenvalue weighted by atomic mass is 35.5. The van der Waals surface area contributed by atoms with Crippen molar-refractivity contribution in [3.05, 3.63) is 64.4 Å². The molecule has 122 valence electrons. The van der Waals surface area contributed by atoms with Crippen molar-refractivity contribution in [2.24, 2.45) is 0 Å². The van der Waals surface area contributed by atoms with Gasteiger partial charge in [0.2, 0.25) is 0 Å². The highest BCUT2D eigenvalue weighted by molar-refractivity contribution is 6.31. The quantitative estimate of drug-likeness (QED) is 0.824. The van der Waals surface area contributed by atoms with Gasteiger partial charge in [0.1, 0.15) is 5.69 Å². The topological polar surface area (TPSA) is 33.2 Å². The SMILES string of the molecule is CCN(Cc1ccccc1Cl)C(=O)c1ccc(C(F)(F)F)nc1. The maximum Gasteiger partial charge on any atom is 0.433 e. The largest absolute Gasteiger partial charge is 0.433 e. The zero-order chi connectivity index (χ0) is 17.0. The van der Waals surface area contributed by atoms with Gasteiger partial charge < -0.3 is 4.90 Å². The molecule has 0 N–H and O–H groups in total. The third-order valence-electron chi connectivity index (χ3n) is 3.29. The molecule has 0 bridgehead atoms. The van der Waals surface area contributed by atoms with E-state index in [0.717, 1.165) is 23.9 Å². The average Bonchev–Trinajstić information content (AvgIpc) is 2.53. The lowest BCUT2D eigenvalue weighted by Gasteiger charge is -2.21. The van der Waals surface area contributed by atoms with E-state index in [0.29, 0.717) is 11.6 Å². The van der Waals surface area contributed by atoms with Gasteiger partial charge in [-0.25, -0.2) is 0 Å². The Kier molecular flexibility index (Phi) is 5.26. The number of nitrogens with zero attached hydrogens (tertiary/aromatic N) is 2. The molecule has 23 heavy (non-hydrogen) atoms. The highest BCUT2D eigenvalue weighted by Crippen LogP contribution is 2.27. The van der Waals surface area contributed by atoms with Crippen molar-refractivity contribution in [2.75, 3.05) is 6.54 Å². The molecule has 0 aliphatic rings. The molecule has 1 aromatic heterocycles. The Hall–Kier alpha value is -2.08. The van der Waals surface area contributed by atoms with Crippen LogP contribution in [0.1, 0.15) is 28.5 Å². The summed E-state index contributed by atoms with van der Waals surface area (Å²) in [6.07, 6.45) is -3.58. The fraction of sp³-hybridized carbons (Fsp3) is 0.250. The second-order valence-electron chi connectivity index (χ2n) is 4.84. The molecule has 3 nitrogen and oxygen atoms in total. The van der Waals surface area contributed by atoms with Crippen molar-refractivity contribution in [1.29, 1.82) is 0 Å². The molecule has 0 radical (unpaired) electrons. The Labute approximate surface area is 136 Å². The smallest absolute Gasteiger partial charge is 0.334 e. The van der Waals surface area contributed by atoms with Crippen LogP contribution in [0.2, 0.25) is 5.02 Å². The van der Waals surface area contributed by atoms with Crippen LogP contribution in [0.3, 0.4) is 0 Å². The van der Waals surface area contributed by atoms with E-state index < -0.39 is 17.8 Å². The standard InChI is InChI=1S/C16H14ClF3N2O/c1-2-22(10-12-5-3-4-6-13(12)17)15(23)11-7-8-14(21-9-11)16(18,19)20/h3-9H,2,10H2,1H3. The second kappa shape index (κ2) is 7.00. The predicted octanol–water partition coefficient (Wildman–Crippen LogP) is 4.42. The Morgan fingerprint density at radius 2 is 1.91 bits per heavy atom. The van der Waals surface area contributed by atoms with E-state index in [2.05, 4.69) is 4.98 Å². The third kappa shape index (κ3) is 4.22. The highest BCUT2D eigenvalue weighted by Gasteiger charge is 2.32. The molecule has 0 aliphatic carbocycles. The fourth-order valence-corrected chi connectivity index (χ4v) is 2.23. The lowest BCUT2D eigenvalue weighted by atomic mass is 10.1. The summed E-state index contributed by atoms with van der Waals surface area (Å²) in [5.74, 6) is -0.395. The first-order valence-corrected chi connectivity index (χ1v) is 7.26. The molecule has 1 heterocycles. The first kappa shape index (κ1) is 17.3. The maximum atomic E-state index is 12.5. The number of benzene rings is 1. The number of hydrogen-bond donors (Lipinski definition) is 0. The van der Waals surface area contributed by atoms with Crippen LogP contribution in [0.4, 0.5) is 13.2 Å². The molecule has 0 atom stereocenters. The summed E-state index contributed by atoms with van der Waals surface area (Å²) < 4.78 is 37.5. The van der Waals surface area contributed by atoms with Crippen LogP contribution < -0.4 is 0 Å². The van der Waals surface area contributed by atoms with Crippen molar-refractivity contribution in [1.82, 2.24) is 9.88 Å². The van der Waals surface area contributed by atoms with Gasteiger partial charge in [-0.3, -0.25) is 9.78 Å². The molecular formula is C16H14ClF3N2O. The molecule has 1 aromatic carbocycles. The first-order valence-electron chi connectivity index (χ1n) is 6.89. The van der Waals surface area contributed by atoms with Crippen LogP contribution in [0.5, 0.6) is 0 Å². The van der Waals surface area contributed by atoms with Gasteiger partial charge in [0.15, 0.2) is 0 Å². The Morgan fingerprint density at radius 1 is 1.22 bits per heavy atom. The van der Waals surface area contributed by atoms with Crippen LogP contribution in [-0.2, 0) is 12.7 Å². The number of amides is 1. The molecule has 7 heteroatoms. The van der Waals surface area contributed by atoms with Crippen molar-refractivity contribution >= 4 is 17.5 Å². The van der Waals surface area contributed by atoms with Crippen LogP contribution >= 0.6 is 11.6 Å². The number of carbonyl (C=O) groups excluding carboxylic acids is 1. The van der Waals surface area contributed by atoms with Crippen molar-refractivity contribution < 1.29 is 18.0 Å². The summed E-state index contributed by atoms with van der Waals surface area (Å²) >= 11 is 6.07. The molecule has 0 fully saturated rings. The van der Waals surface area contributed by atoms with Gasteiger partial charge in [0, 0.05) is 24.3 Å². The van der Waals surface area contributed by atoms with Crippen LogP contribution in [0, 0.1) is 0 Å². The van der Waals surface area contributed by atoms with E-state index in [1.54, 1.807) is 31.2 Å². The number of carbonyl (C=O) groups is 1. The fourth-order valence-electron chi connectivity index (χ4n) is 2.03. The van der Waals surface area contributed by atoms with E-state index in [-0.39, 0.29) is 12.1 Å². The first-order chi connectivity index (χ1) is 10.8. The molecule has 2 rings (SSSR count). The third-order valence-corrected chi connectivity index (χ3v) is 3.66. The number of pyridine rings is 1. The lowest BCUT2D eigenvalue weighted by molar-refractivity contribution is -0.141. The molecule has 0 spiro atoms. The molecule has 1 amide bonds. The molecule has 0 unspecified atom stereocenters. The van der Waals surface area contributed by atoms with Gasteiger partial charge in [-0.15, -0.1) is 0 Å². The predicted molar refractivity (Wildman–Crippen MR) is 81.1 cm³/mol. The summed E-state index contributed by atoms with van der Waals surface area (Å²) in [5, 5.41) is 0.532. The lowest BCUT2D eigenvalue weighted by Crippen LogP contribution is -2.30. The molecule has 0 saturated carbocycles. The minimum Gasteiger partial charge on any atom is -0.334 e. The zero-order valence-electron chi connectivity index (χ0n) is 12.3. The van der Waals surface area contributed by atoms with Crippen LogP contribution in [0.15, 0.2) is 42.6 Å². The summed E-state index contributed by atoms with van der Waals surface area (Å²) in [6.45, 7) is 2.45. The van der Waals surface area contributed by atoms with Gasteiger partial charge >= 0.3 is 6.18 Å². The summed E-state index contributed by atoms with van der Waals surface area (Å²) in [7, 11) is 0. The Morgan fingerprint density at radius 3 is 2.43 bits per heavy atom. The van der Waals surface area contributed by atoms with E-state index in [1.165, 1.54) is 4.90 Å². The minimum atomic E-state index is -4.52. The number of aromatic nitrogens is 1. The van der Waals surface area contributed by atoms with E-state index >= 15 is 0 Å². The average molecular weight is 343 g/mol. The Balaban J connectivity index is 2.18.